The predicted octanol–water partition coefficient (Wildman–Crippen LogP) is 1.90. The first-order chi connectivity index (χ1) is 5.74. The van der Waals surface area contributed by atoms with Crippen molar-refractivity contribution in [3.8, 4) is 0 Å². The van der Waals surface area contributed by atoms with Crippen LogP contribution in [0.2, 0.25) is 5.15 Å². The van der Waals surface area contributed by atoms with Gasteiger partial charge in [0.05, 0.1) is 0 Å². The van der Waals surface area contributed by atoms with Gasteiger partial charge < -0.3 is 10.7 Å². The highest BCUT2D eigenvalue weighted by atomic mass is 35.5. The van der Waals surface area contributed by atoms with Gasteiger partial charge in [0.25, 0.3) is 0 Å². The third-order valence-corrected chi connectivity index (χ3v) is 3.17. The molecule has 1 aliphatic rings. The Kier molecular flexibility index (Phi) is 1.89. The molecule has 1 aromatic rings. The van der Waals surface area contributed by atoms with Crippen LogP contribution in [0.25, 0.3) is 0 Å². The Hall–Kier alpha value is -0.470. The molecule has 66 valence electrons. The number of hydrogen-bond acceptors (Lipinski definition) is 1. The Labute approximate surface area is 77.1 Å². The van der Waals surface area contributed by atoms with E-state index < -0.39 is 0 Å². The molecule has 0 fully saturated rings. The molecule has 0 aliphatic heterocycles. The van der Waals surface area contributed by atoms with E-state index in [2.05, 4.69) is 11.9 Å². The molecule has 2 nitrogen and oxygen atoms in total. The topological polar surface area (TPSA) is 41.8 Å². The van der Waals surface area contributed by atoms with Gasteiger partial charge in [-0.2, -0.15) is 0 Å². The number of fused-ring (bicyclic) bond motifs is 1. The highest BCUT2D eigenvalue weighted by Crippen LogP contribution is 2.40. The second kappa shape index (κ2) is 2.79. The number of rotatable bonds is 1. The van der Waals surface area contributed by atoms with Gasteiger partial charge in [-0.25, -0.2) is 0 Å². The molecule has 0 saturated carbocycles. The molecule has 0 bridgehead atoms. The fraction of sp³-hybridized carbons (Fsp3) is 0.556. The first kappa shape index (κ1) is 8.14. The maximum Gasteiger partial charge on any atom is 0.109 e. The van der Waals surface area contributed by atoms with E-state index in [-0.39, 0.29) is 0 Å². The average Bonchev–Trinajstić information content (AvgIpc) is 2.52. The van der Waals surface area contributed by atoms with Gasteiger partial charge in [0.15, 0.2) is 0 Å². The smallest absolute Gasteiger partial charge is 0.109 e. The summed E-state index contributed by atoms with van der Waals surface area (Å²) < 4.78 is 0. The van der Waals surface area contributed by atoms with Crippen molar-refractivity contribution in [2.75, 3.05) is 6.54 Å². The number of nitrogens with one attached hydrogen (secondary N) is 1. The van der Waals surface area contributed by atoms with Crippen LogP contribution in [0.3, 0.4) is 0 Å². The molecule has 2 unspecified atom stereocenters. The molecule has 0 saturated heterocycles. The maximum atomic E-state index is 5.98. The standard InChI is InChI=1S/C9H13ClN2/c1-5-2-6-8(7(5)3-11)4-12-9(6)10/h4-5,7,12H,2-3,11H2,1H3. The average molecular weight is 185 g/mol. The minimum atomic E-state index is 0.503. The molecule has 0 aromatic carbocycles. The fourth-order valence-corrected chi connectivity index (χ4v) is 2.35. The first-order valence-corrected chi connectivity index (χ1v) is 4.67. The van der Waals surface area contributed by atoms with Crippen molar-refractivity contribution >= 4 is 11.6 Å². The molecular formula is C9H13ClN2. The van der Waals surface area contributed by atoms with Gasteiger partial charge in [0.2, 0.25) is 0 Å². The molecule has 1 heterocycles. The van der Waals surface area contributed by atoms with Crippen LogP contribution in [0.4, 0.5) is 0 Å². The number of halogens is 1. The largest absolute Gasteiger partial charge is 0.352 e. The van der Waals surface area contributed by atoms with Crippen LogP contribution in [0, 0.1) is 5.92 Å². The van der Waals surface area contributed by atoms with Gasteiger partial charge in [-0.1, -0.05) is 18.5 Å². The summed E-state index contributed by atoms with van der Waals surface area (Å²) in [5.74, 6) is 1.15. The SMILES string of the molecule is CC1Cc2c(c[nH]c2Cl)C1CN. The van der Waals surface area contributed by atoms with Gasteiger partial charge in [0, 0.05) is 12.1 Å². The van der Waals surface area contributed by atoms with E-state index in [4.69, 9.17) is 17.3 Å². The summed E-state index contributed by atoms with van der Waals surface area (Å²) in [7, 11) is 0. The summed E-state index contributed by atoms with van der Waals surface area (Å²) >= 11 is 5.98. The fourth-order valence-electron chi connectivity index (χ4n) is 2.11. The van der Waals surface area contributed by atoms with E-state index >= 15 is 0 Å². The molecule has 3 N–H and O–H groups in total. The lowest BCUT2D eigenvalue weighted by Crippen LogP contribution is -2.15. The number of aromatic nitrogens is 1. The van der Waals surface area contributed by atoms with E-state index in [1.807, 2.05) is 6.20 Å². The minimum absolute atomic E-state index is 0.503. The summed E-state index contributed by atoms with van der Waals surface area (Å²) in [6, 6.07) is 0. The van der Waals surface area contributed by atoms with Crippen LogP contribution in [0.5, 0.6) is 0 Å². The monoisotopic (exact) mass is 184 g/mol. The van der Waals surface area contributed by atoms with E-state index in [0.717, 1.165) is 18.1 Å². The number of H-pyrrole nitrogens is 1. The zero-order valence-electron chi connectivity index (χ0n) is 7.10. The number of nitrogens with two attached hydrogens (primary N) is 1. The molecule has 2 atom stereocenters. The van der Waals surface area contributed by atoms with Crippen molar-refractivity contribution < 1.29 is 0 Å². The normalized spacial score (nSPS) is 27.6. The molecule has 3 heteroatoms. The predicted molar refractivity (Wildman–Crippen MR) is 50.5 cm³/mol. The lowest BCUT2D eigenvalue weighted by atomic mass is 9.95. The van der Waals surface area contributed by atoms with Gasteiger partial charge in [-0.15, -0.1) is 0 Å². The first-order valence-electron chi connectivity index (χ1n) is 4.29. The molecule has 12 heavy (non-hydrogen) atoms. The van der Waals surface area contributed by atoms with Crippen LogP contribution in [-0.4, -0.2) is 11.5 Å². The summed E-state index contributed by atoms with van der Waals surface area (Å²) in [6.45, 7) is 2.95. The van der Waals surface area contributed by atoms with Crippen molar-refractivity contribution in [2.24, 2.45) is 11.7 Å². The summed E-state index contributed by atoms with van der Waals surface area (Å²) in [6.07, 6.45) is 3.07. The lowest BCUT2D eigenvalue weighted by Gasteiger charge is -2.12. The Bertz CT molecular complexity index is 293. The molecule has 2 rings (SSSR count). The van der Waals surface area contributed by atoms with Crippen LogP contribution in [0.1, 0.15) is 24.0 Å². The van der Waals surface area contributed by atoms with Crippen LogP contribution in [-0.2, 0) is 6.42 Å². The zero-order valence-corrected chi connectivity index (χ0v) is 7.86. The van der Waals surface area contributed by atoms with Gasteiger partial charge in [0.1, 0.15) is 5.15 Å². The van der Waals surface area contributed by atoms with E-state index in [1.165, 1.54) is 11.1 Å². The summed E-state index contributed by atoms with van der Waals surface area (Å²) in [5, 5.41) is 0.799. The van der Waals surface area contributed by atoms with E-state index in [0.29, 0.717) is 11.8 Å². The van der Waals surface area contributed by atoms with Gasteiger partial charge in [-0.3, -0.25) is 0 Å². The van der Waals surface area contributed by atoms with Crippen molar-refractivity contribution in [1.29, 1.82) is 0 Å². The molecule has 0 amide bonds. The van der Waals surface area contributed by atoms with Gasteiger partial charge >= 0.3 is 0 Å². The lowest BCUT2D eigenvalue weighted by molar-refractivity contribution is 0.504. The second-order valence-electron chi connectivity index (χ2n) is 3.56. The highest BCUT2D eigenvalue weighted by molar-refractivity contribution is 6.30. The Morgan fingerprint density at radius 1 is 1.75 bits per heavy atom. The van der Waals surface area contributed by atoms with Crippen LogP contribution in [0.15, 0.2) is 6.20 Å². The van der Waals surface area contributed by atoms with Gasteiger partial charge in [-0.05, 0) is 30.0 Å². The van der Waals surface area contributed by atoms with Crippen molar-refractivity contribution in [2.45, 2.75) is 19.3 Å². The Balaban J connectivity index is 2.41. The summed E-state index contributed by atoms with van der Waals surface area (Å²) in [5.41, 5.74) is 8.30. The second-order valence-corrected chi connectivity index (χ2v) is 3.94. The molecule has 1 aromatic heterocycles. The van der Waals surface area contributed by atoms with Crippen molar-refractivity contribution in [1.82, 2.24) is 4.98 Å². The van der Waals surface area contributed by atoms with E-state index in [9.17, 15) is 0 Å². The van der Waals surface area contributed by atoms with Crippen LogP contribution < -0.4 is 5.73 Å². The van der Waals surface area contributed by atoms with Crippen LogP contribution >= 0.6 is 11.6 Å². The Morgan fingerprint density at radius 2 is 2.50 bits per heavy atom. The van der Waals surface area contributed by atoms with E-state index in [1.54, 1.807) is 0 Å². The molecular weight excluding hydrogens is 172 g/mol. The minimum Gasteiger partial charge on any atom is -0.352 e. The van der Waals surface area contributed by atoms with Crippen molar-refractivity contribution in [3.63, 3.8) is 0 Å². The molecule has 1 aliphatic carbocycles. The number of aromatic amines is 1. The Morgan fingerprint density at radius 3 is 3.17 bits per heavy atom. The summed E-state index contributed by atoms with van der Waals surface area (Å²) in [4.78, 5) is 3.03. The third kappa shape index (κ3) is 0.985. The highest BCUT2D eigenvalue weighted by Gasteiger charge is 2.30. The van der Waals surface area contributed by atoms with Crippen molar-refractivity contribution in [3.05, 3.63) is 22.5 Å². The zero-order chi connectivity index (χ0) is 8.72. The molecule has 0 spiro atoms. The quantitative estimate of drug-likeness (QED) is 0.688. The maximum absolute atomic E-state index is 5.98. The number of hydrogen-bond donors (Lipinski definition) is 2. The molecule has 0 radical (unpaired) electrons. The third-order valence-electron chi connectivity index (χ3n) is 2.83.